The van der Waals surface area contributed by atoms with Gasteiger partial charge in [-0.3, -0.25) is 14.5 Å². The monoisotopic (exact) mass is 755 g/mol. The van der Waals surface area contributed by atoms with E-state index in [1.54, 1.807) is 24.5 Å². The summed E-state index contributed by atoms with van der Waals surface area (Å²) >= 11 is 0. The first-order valence-corrected chi connectivity index (χ1v) is 19.3. The highest BCUT2D eigenvalue weighted by Crippen LogP contribution is 2.39. The zero-order valence-electron chi connectivity index (χ0n) is 31.4. The van der Waals surface area contributed by atoms with Crippen molar-refractivity contribution in [3.8, 4) is 11.1 Å². The molecule has 56 heavy (non-hydrogen) atoms. The lowest BCUT2D eigenvalue weighted by molar-refractivity contribution is -0.253. The van der Waals surface area contributed by atoms with Crippen molar-refractivity contribution in [2.24, 2.45) is 0 Å². The summed E-state index contributed by atoms with van der Waals surface area (Å²) in [6.07, 6.45) is 4.36. The number of amides is 2. The number of carbonyl (C=O) groups is 2. The van der Waals surface area contributed by atoms with E-state index in [4.69, 9.17) is 15.2 Å². The number of rotatable bonds is 14. The molecule has 0 aliphatic carbocycles. The highest BCUT2D eigenvalue weighted by atomic mass is 16.7. The molecule has 4 aromatic carbocycles. The first kappa shape index (κ1) is 38.6. The van der Waals surface area contributed by atoms with Gasteiger partial charge in [-0.2, -0.15) is 0 Å². The second-order valence-electron chi connectivity index (χ2n) is 14.2. The van der Waals surface area contributed by atoms with E-state index in [9.17, 15) is 14.7 Å². The Labute approximate surface area is 327 Å². The van der Waals surface area contributed by atoms with Crippen LogP contribution in [0.15, 0.2) is 116 Å². The van der Waals surface area contributed by atoms with Gasteiger partial charge >= 0.3 is 0 Å². The summed E-state index contributed by atoms with van der Waals surface area (Å²) in [5.41, 5.74) is 12.9. The van der Waals surface area contributed by atoms with E-state index in [0.29, 0.717) is 30.8 Å². The first-order chi connectivity index (χ1) is 27.4. The van der Waals surface area contributed by atoms with Gasteiger partial charge in [0.2, 0.25) is 17.8 Å². The van der Waals surface area contributed by atoms with Crippen molar-refractivity contribution in [2.75, 3.05) is 48.7 Å². The zero-order chi connectivity index (χ0) is 38.7. The van der Waals surface area contributed by atoms with Gasteiger partial charge in [0.15, 0.2) is 6.29 Å². The smallest absolute Gasteiger partial charge is 0.225 e. The Hall–Kier alpha value is -5.66. The molecule has 12 heteroatoms. The van der Waals surface area contributed by atoms with Gasteiger partial charge in [0.25, 0.3) is 0 Å². The van der Waals surface area contributed by atoms with Crippen LogP contribution in [0.2, 0.25) is 0 Å². The van der Waals surface area contributed by atoms with Crippen LogP contribution in [0.4, 0.5) is 17.3 Å². The Kier molecular flexibility index (Phi) is 13.0. The van der Waals surface area contributed by atoms with Gasteiger partial charge in [0.05, 0.1) is 30.2 Å². The fourth-order valence-corrected chi connectivity index (χ4v) is 7.20. The van der Waals surface area contributed by atoms with Crippen molar-refractivity contribution in [1.29, 1.82) is 0 Å². The number of carbonyl (C=O) groups excluding carboxylic acids is 2. The molecule has 290 valence electrons. The van der Waals surface area contributed by atoms with E-state index < -0.39 is 6.29 Å². The van der Waals surface area contributed by atoms with E-state index in [-0.39, 0.29) is 43.5 Å². The summed E-state index contributed by atoms with van der Waals surface area (Å²) in [7, 11) is 0. The summed E-state index contributed by atoms with van der Waals surface area (Å²) in [4.78, 5) is 38.6. The Bertz CT molecular complexity index is 2040. The number of nitrogens with zero attached hydrogens (tertiary/aromatic N) is 4. The number of nitrogens with one attached hydrogen (secondary N) is 2. The number of benzene rings is 4. The van der Waals surface area contributed by atoms with Gasteiger partial charge in [0, 0.05) is 76.5 Å². The number of anilines is 3. The number of ether oxygens (including phenoxy) is 2. The predicted octanol–water partition coefficient (Wildman–Crippen LogP) is 6.01. The lowest BCUT2D eigenvalue weighted by Gasteiger charge is -2.40. The van der Waals surface area contributed by atoms with Gasteiger partial charge in [-0.05, 0) is 52.4 Å². The number of aliphatic hydroxyl groups excluding tert-OH is 1. The molecule has 0 bridgehead atoms. The molecule has 3 atom stereocenters. The maximum absolute atomic E-state index is 12.8. The zero-order valence-corrected chi connectivity index (χ0v) is 31.4. The first-order valence-electron chi connectivity index (χ1n) is 19.3. The van der Waals surface area contributed by atoms with E-state index in [1.165, 1.54) is 0 Å². The van der Waals surface area contributed by atoms with Crippen molar-refractivity contribution in [3.05, 3.63) is 138 Å². The number of hydrogen-bond acceptors (Lipinski definition) is 10. The normalized spacial score (nSPS) is 18.7. The van der Waals surface area contributed by atoms with Crippen molar-refractivity contribution in [2.45, 2.75) is 57.3 Å². The summed E-state index contributed by atoms with van der Waals surface area (Å²) < 4.78 is 13.3. The molecule has 0 unspecified atom stereocenters. The average molecular weight is 756 g/mol. The third-order valence-corrected chi connectivity index (χ3v) is 10.3. The van der Waals surface area contributed by atoms with Crippen LogP contribution in [0.25, 0.3) is 11.1 Å². The van der Waals surface area contributed by atoms with Crippen molar-refractivity contribution in [1.82, 2.24) is 20.2 Å². The maximum atomic E-state index is 12.8. The van der Waals surface area contributed by atoms with Gasteiger partial charge in [-0.25, -0.2) is 9.97 Å². The fraction of sp³-hybridized carbons (Fsp3) is 0.318. The molecule has 2 aliphatic heterocycles. The van der Waals surface area contributed by atoms with Gasteiger partial charge in [0.1, 0.15) is 0 Å². The van der Waals surface area contributed by atoms with Crippen LogP contribution in [-0.2, 0) is 32.2 Å². The number of hydrogen-bond donors (Lipinski definition) is 4. The minimum atomic E-state index is -0.564. The highest BCUT2D eigenvalue weighted by Gasteiger charge is 2.34. The molecule has 0 saturated carbocycles. The molecule has 2 amide bonds. The Morgan fingerprint density at radius 2 is 1.48 bits per heavy atom. The van der Waals surface area contributed by atoms with Crippen LogP contribution in [0, 0.1) is 0 Å². The van der Waals surface area contributed by atoms with Crippen molar-refractivity contribution in [3.63, 3.8) is 0 Å². The van der Waals surface area contributed by atoms with E-state index in [2.05, 4.69) is 60.7 Å². The molecular weight excluding hydrogens is 707 g/mol. The number of piperazine rings is 1. The molecular formula is C44H49N7O5. The number of aliphatic hydroxyl groups is 1. The molecule has 7 rings (SSSR count). The summed E-state index contributed by atoms with van der Waals surface area (Å²) in [5, 5.41) is 15.4. The predicted molar refractivity (Wildman–Crippen MR) is 216 cm³/mol. The topological polar surface area (TPSA) is 155 Å². The third kappa shape index (κ3) is 10.1. The van der Waals surface area contributed by atoms with E-state index in [0.717, 1.165) is 72.1 Å². The van der Waals surface area contributed by atoms with Crippen LogP contribution in [0.1, 0.15) is 60.3 Å². The van der Waals surface area contributed by atoms with Gasteiger partial charge < -0.3 is 35.8 Å². The van der Waals surface area contributed by atoms with E-state index >= 15 is 0 Å². The van der Waals surface area contributed by atoms with Gasteiger partial charge in [-0.1, -0.05) is 84.9 Å². The molecule has 3 heterocycles. The van der Waals surface area contributed by atoms with Crippen molar-refractivity contribution < 1.29 is 24.2 Å². The second-order valence-corrected chi connectivity index (χ2v) is 14.2. The molecule has 1 aromatic heterocycles. The molecule has 0 spiro atoms. The summed E-state index contributed by atoms with van der Waals surface area (Å²) in [5.74, 6) is 0.474. The molecule has 5 N–H and O–H groups in total. The highest BCUT2D eigenvalue weighted by molar-refractivity contribution is 5.94. The summed E-state index contributed by atoms with van der Waals surface area (Å²) in [6, 6.07) is 33.2. The second kappa shape index (κ2) is 18.8. The average Bonchev–Trinajstić information content (AvgIpc) is 3.24. The maximum Gasteiger partial charge on any atom is 0.225 e. The van der Waals surface area contributed by atoms with Crippen LogP contribution < -0.4 is 21.3 Å². The minimum Gasteiger partial charge on any atom is -0.397 e. The van der Waals surface area contributed by atoms with Crippen molar-refractivity contribution >= 4 is 29.1 Å². The SMILES string of the molecule is Nc1ccccc1NC(=O)CCCC(=O)NCc1ccccc1-c1ccc([C@@H]2O[C@H](CN3CCN(c4ncccn4)CC3)C[C@H](c3ccc(CO)cc3)O2)cc1. The van der Waals surface area contributed by atoms with E-state index in [1.807, 2.05) is 60.7 Å². The van der Waals surface area contributed by atoms with Crippen LogP contribution >= 0.6 is 0 Å². The Balaban J connectivity index is 0.967. The lowest BCUT2D eigenvalue weighted by atomic mass is 9.97. The number of nitrogens with two attached hydrogens (primary N) is 1. The fourth-order valence-electron chi connectivity index (χ4n) is 7.20. The molecule has 12 nitrogen and oxygen atoms in total. The van der Waals surface area contributed by atoms with Crippen LogP contribution in [0.5, 0.6) is 0 Å². The Morgan fingerprint density at radius 1 is 0.786 bits per heavy atom. The number of para-hydroxylation sites is 2. The Morgan fingerprint density at radius 3 is 2.23 bits per heavy atom. The minimum absolute atomic E-state index is 0.00574. The number of nitrogen functional groups attached to an aromatic ring is 1. The summed E-state index contributed by atoms with van der Waals surface area (Å²) in [6.45, 7) is 4.60. The molecule has 2 aliphatic rings. The quantitative estimate of drug-likeness (QED) is 0.0991. The molecule has 5 aromatic rings. The lowest BCUT2D eigenvalue weighted by Crippen LogP contribution is -2.50. The standard InChI is InChI=1S/C44H49N7O5/c45-38-9-3-4-10-39(38)49-42(54)12-5-11-41(53)48-28-35-7-1-2-8-37(35)32-17-19-34(20-18-32)43-55-36(27-40(56-43)33-15-13-31(30-52)14-16-33)29-50-23-25-51(26-24-50)44-46-21-6-22-47-44/h1-4,6-10,13-22,36,40,43,52H,5,11-12,23-30,45H2,(H,48,53)(H,49,54)/t36-,40+,43+/m0/s1. The largest absolute Gasteiger partial charge is 0.397 e. The molecule has 0 radical (unpaired) electrons. The van der Waals surface area contributed by atoms with Crippen LogP contribution in [-0.4, -0.2) is 70.6 Å². The number of aromatic nitrogens is 2. The third-order valence-electron chi connectivity index (χ3n) is 10.3. The van der Waals surface area contributed by atoms with Gasteiger partial charge in [-0.15, -0.1) is 0 Å². The van der Waals surface area contributed by atoms with Crippen LogP contribution in [0.3, 0.4) is 0 Å². The molecule has 2 fully saturated rings. The molecule has 2 saturated heterocycles.